The van der Waals surface area contributed by atoms with Gasteiger partial charge in [0, 0.05) is 24.9 Å². The van der Waals surface area contributed by atoms with E-state index in [9.17, 15) is 9.18 Å². The van der Waals surface area contributed by atoms with E-state index in [-0.39, 0.29) is 17.3 Å². The molecule has 1 aromatic heterocycles. The van der Waals surface area contributed by atoms with Crippen molar-refractivity contribution in [1.82, 2.24) is 4.90 Å². The highest BCUT2D eigenvalue weighted by Crippen LogP contribution is 2.29. The minimum atomic E-state index is -0.269. The molecule has 0 unspecified atom stereocenters. The molecule has 3 rings (SSSR count). The quantitative estimate of drug-likeness (QED) is 0.834. The summed E-state index contributed by atoms with van der Waals surface area (Å²) in [5.74, 6) is -0.225. The highest BCUT2D eigenvalue weighted by atomic mass is 32.1. The molecule has 5 heteroatoms. The average molecular weight is 321 g/mol. The zero-order valence-corrected chi connectivity index (χ0v) is 13.7. The number of fused-ring (bicyclic) bond motifs is 1. The zero-order valence-electron chi connectivity index (χ0n) is 12.9. The van der Waals surface area contributed by atoms with E-state index in [1.54, 1.807) is 19.2 Å². The van der Waals surface area contributed by atoms with E-state index in [2.05, 4.69) is 6.92 Å². The fourth-order valence-corrected chi connectivity index (χ4v) is 3.95. The topological polar surface area (TPSA) is 29.5 Å². The third-order valence-electron chi connectivity index (χ3n) is 4.51. The summed E-state index contributed by atoms with van der Waals surface area (Å²) in [5, 5.41) is 0.796. The number of methoxy groups -OCH3 is 1. The van der Waals surface area contributed by atoms with E-state index >= 15 is 0 Å². The standard InChI is InChI=1S/C17H20FNO2S/c1-17(21-2)6-3-8-19(9-7-17)16(20)15-11-12-10-13(18)4-5-14(12)22-15/h4-5,10-11H,3,6-9H2,1-2H3/t17-/m0/s1. The molecule has 1 aliphatic heterocycles. The summed E-state index contributed by atoms with van der Waals surface area (Å²) in [6, 6.07) is 6.44. The first-order valence-electron chi connectivity index (χ1n) is 7.54. The molecule has 118 valence electrons. The van der Waals surface area contributed by atoms with Crippen molar-refractivity contribution in [3.05, 3.63) is 35.0 Å². The third-order valence-corrected chi connectivity index (χ3v) is 5.62. The Morgan fingerprint density at radius 1 is 1.32 bits per heavy atom. The zero-order chi connectivity index (χ0) is 15.7. The van der Waals surface area contributed by atoms with E-state index in [1.807, 2.05) is 4.90 Å². The predicted octanol–water partition coefficient (Wildman–Crippen LogP) is 4.07. The number of amides is 1. The number of nitrogens with zero attached hydrogens (tertiary/aromatic N) is 1. The van der Waals surface area contributed by atoms with Crippen LogP contribution in [0.5, 0.6) is 0 Å². The summed E-state index contributed by atoms with van der Waals surface area (Å²) in [7, 11) is 1.73. The summed E-state index contributed by atoms with van der Waals surface area (Å²) in [4.78, 5) is 15.3. The molecule has 2 heterocycles. The van der Waals surface area contributed by atoms with Gasteiger partial charge in [0.15, 0.2) is 0 Å². The number of likely N-dealkylation sites (tertiary alicyclic amines) is 1. The van der Waals surface area contributed by atoms with E-state index in [4.69, 9.17) is 4.74 Å². The van der Waals surface area contributed by atoms with Crippen molar-refractivity contribution in [3.63, 3.8) is 0 Å². The first kappa shape index (κ1) is 15.4. The van der Waals surface area contributed by atoms with Gasteiger partial charge in [0.05, 0.1) is 10.5 Å². The number of ether oxygens (including phenoxy) is 1. The van der Waals surface area contributed by atoms with Gasteiger partial charge in [0.2, 0.25) is 0 Å². The maximum absolute atomic E-state index is 13.3. The smallest absolute Gasteiger partial charge is 0.263 e. The first-order chi connectivity index (χ1) is 10.5. The molecule has 0 radical (unpaired) electrons. The number of hydrogen-bond donors (Lipinski definition) is 0. The maximum Gasteiger partial charge on any atom is 0.263 e. The molecule has 1 aromatic carbocycles. The Morgan fingerprint density at radius 3 is 2.91 bits per heavy atom. The molecule has 0 aliphatic carbocycles. The molecular formula is C17H20FNO2S. The van der Waals surface area contributed by atoms with Gasteiger partial charge in [0.25, 0.3) is 5.91 Å². The molecule has 3 nitrogen and oxygen atoms in total. The molecule has 1 fully saturated rings. The number of carbonyl (C=O) groups is 1. The van der Waals surface area contributed by atoms with Crippen LogP contribution in [0.25, 0.3) is 10.1 Å². The Bertz CT molecular complexity index is 699. The summed E-state index contributed by atoms with van der Waals surface area (Å²) in [5.41, 5.74) is -0.141. The monoisotopic (exact) mass is 321 g/mol. The van der Waals surface area contributed by atoms with Gasteiger partial charge in [-0.15, -0.1) is 11.3 Å². The number of halogens is 1. The van der Waals surface area contributed by atoms with Crippen LogP contribution in [0.2, 0.25) is 0 Å². The number of rotatable bonds is 2. The molecule has 0 saturated carbocycles. The average Bonchev–Trinajstić information content (AvgIpc) is 2.82. The minimum absolute atomic E-state index is 0.0435. The normalized spacial score (nSPS) is 22.8. The van der Waals surface area contributed by atoms with Crippen LogP contribution in [0.15, 0.2) is 24.3 Å². The van der Waals surface area contributed by atoms with E-state index < -0.39 is 0 Å². The first-order valence-corrected chi connectivity index (χ1v) is 8.36. The number of benzene rings is 1. The Balaban J connectivity index is 1.80. The molecule has 1 amide bonds. The van der Waals surface area contributed by atoms with Crippen LogP contribution < -0.4 is 0 Å². The van der Waals surface area contributed by atoms with Gasteiger partial charge in [-0.25, -0.2) is 4.39 Å². The second-order valence-electron chi connectivity index (χ2n) is 6.09. The van der Waals surface area contributed by atoms with Crippen LogP contribution in [-0.2, 0) is 4.74 Å². The highest BCUT2D eigenvalue weighted by Gasteiger charge is 2.29. The minimum Gasteiger partial charge on any atom is -0.378 e. The Hall–Kier alpha value is -1.46. The van der Waals surface area contributed by atoms with Crippen LogP contribution in [0.4, 0.5) is 4.39 Å². The van der Waals surface area contributed by atoms with Gasteiger partial charge >= 0.3 is 0 Å². The lowest BCUT2D eigenvalue weighted by Gasteiger charge is -2.26. The van der Waals surface area contributed by atoms with Gasteiger partial charge in [-0.05, 0) is 55.8 Å². The molecule has 0 N–H and O–H groups in total. The second kappa shape index (κ2) is 5.97. The Morgan fingerprint density at radius 2 is 2.14 bits per heavy atom. The van der Waals surface area contributed by atoms with Crippen molar-refractivity contribution in [2.24, 2.45) is 0 Å². The molecule has 22 heavy (non-hydrogen) atoms. The largest absolute Gasteiger partial charge is 0.378 e. The van der Waals surface area contributed by atoms with Crippen molar-refractivity contribution in [2.45, 2.75) is 31.8 Å². The molecule has 1 atom stereocenters. The summed E-state index contributed by atoms with van der Waals surface area (Å²) < 4.78 is 19.8. The van der Waals surface area contributed by atoms with Crippen LogP contribution in [-0.4, -0.2) is 36.6 Å². The summed E-state index contributed by atoms with van der Waals surface area (Å²) in [6.07, 6.45) is 2.75. The van der Waals surface area contributed by atoms with Gasteiger partial charge in [-0.3, -0.25) is 4.79 Å². The van der Waals surface area contributed by atoms with Gasteiger partial charge in [-0.2, -0.15) is 0 Å². The predicted molar refractivity (Wildman–Crippen MR) is 87.0 cm³/mol. The highest BCUT2D eigenvalue weighted by molar-refractivity contribution is 7.20. The lowest BCUT2D eigenvalue weighted by atomic mass is 9.97. The van der Waals surface area contributed by atoms with E-state index in [1.165, 1.54) is 23.5 Å². The number of carbonyl (C=O) groups excluding carboxylic acids is 1. The van der Waals surface area contributed by atoms with Crippen LogP contribution in [0, 0.1) is 5.82 Å². The van der Waals surface area contributed by atoms with Gasteiger partial charge < -0.3 is 9.64 Å². The van der Waals surface area contributed by atoms with Crippen LogP contribution in [0.1, 0.15) is 35.9 Å². The van der Waals surface area contributed by atoms with Crippen molar-refractivity contribution in [1.29, 1.82) is 0 Å². The molecular weight excluding hydrogens is 301 g/mol. The van der Waals surface area contributed by atoms with Crippen molar-refractivity contribution >= 4 is 27.3 Å². The lowest BCUT2D eigenvalue weighted by molar-refractivity contribution is -0.00536. The fourth-order valence-electron chi connectivity index (χ4n) is 2.93. The fraction of sp³-hybridized carbons (Fsp3) is 0.471. The third kappa shape index (κ3) is 3.01. The van der Waals surface area contributed by atoms with Crippen molar-refractivity contribution < 1.29 is 13.9 Å². The SMILES string of the molecule is CO[C@@]1(C)CCCN(C(=O)c2cc3cc(F)ccc3s2)CC1. The second-order valence-corrected chi connectivity index (χ2v) is 7.18. The van der Waals surface area contributed by atoms with Crippen molar-refractivity contribution in [2.75, 3.05) is 20.2 Å². The molecule has 0 bridgehead atoms. The van der Waals surface area contributed by atoms with E-state index in [0.717, 1.165) is 35.9 Å². The Kier molecular flexibility index (Phi) is 4.19. The van der Waals surface area contributed by atoms with Gasteiger partial charge in [0.1, 0.15) is 5.82 Å². The van der Waals surface area contributed by atoms with Crippen molar-refractivity contribution in [3.8, 4) is 0 Å². The van der Waals surface area contributed by atoms with Gasteiger partial charge in [-0.1, -0.05) is 0 Å². The van der Waals surface area contributed by atoms with E-state index in [0.29, 0.717) is 11.4 Å². The molecule has 1 saturated heterocycles. The summed E-state index contributed by atoms with van der Waals surface area (Å²) in [6.45, 7) is 3.55. The van der Waals surface area contributed by atoms with Crippen LogP contribution in [0.3, 0.4) is 0 Å². The Labute approximate surface area is 133 Å². The summed E-state index contributed by atoms with van der Waals surface area (Å²) >= 11 is 1.43. The number of thiophene rings is 1. The molecule has 1 aliphatic rings. The lowest BCUT2D eigenvalue weighted by Crippen LogP contribution is -2.33. The maximum atomic E-state index is 13.3. The van der Waals surface area contributed by atoms with Crippen LogP contribution >= 0.6 is 11.3 Å². The molecule has 0 spiro atoms. The molecule has 2 aromatic rings. The number of hydrogen-bond acceptors (Lipinski definition) is 3.